The summed E-state index contributed by atoms with van der Waals surface area (Å²) < 4.78 is 33.3. The Kier molecular flexibility index (Phi) is 6.75. The van der Waals surface area contributed by atoms with Crippen molar-refractivity contribution in [3.05, 3.63) is 59.7 Å². The summed E-state index contributed by atoms with van der Waals surface area (Å²) in [6, 6.07) is 12.7. The largest absolute Gasteiger partial charge is 0.480 e. The van der Waals surface area contributed by atoms with Gasteiger partial charge in [0.1, 0.15) is 18.7 Å². The molecule has 186 valence electrons. The van der Waals surface area contributed by atoms with Crippen molar-refractivity contribution in [2.24, 2.45) is 0 Å². The number of carboxylic acid groups (broad SMARTS) is 1. The zero-order valence-corrected chi connectivity index (χ0v) is 19.4. The maximum atomic E-state index is 13.9. The Morgan fingerprint density at radius 2 is 1.69 bits per heavy atom. The Morgan fingerprint density at radius 1 is 1.11 bits per heavy atom. The number of rotatable bonds is 7. The highest BCUT2D eigenvalue weighted by Crippen LogP contribution is 2.44. The van der Waals surface area contributed by atoms with Crippen molar-refractivity contribution in [1.29, 1.82) is 0 Å². The number of fused-ring (bicyclic) bond motifs is 3. The van der Waals surface area contributed by atoms with Crippen LogP contribution in [0.2, 0.25) is 0 Å². The summed E-state index contributed by atoms with van der Waals surface area (Å²) in [6.45, 7) is -1.02. The van der Waals surface area contributed by atoms with Crippen LogP contribution in [0.4, 0.5) is 13.6 Å². The van der Waals surface area contributed by atoms with Gasteiger partial charge in [0.15, 0.2) is 0 Å². The third kappa shape index (κ3) is 5.12. The minimum Gasteiger partial charge on any atom is -0.480 e. The molecule has 2 aliphatic rings. The van der Waals surface area contributed by atoms with Crippen LogP contribution in [0.15, 0.2) is 48.5 Å². The number of nitrogens with one attached hydrogen (secondary N) is 1. The van der Waals surface area contributed by atoms with Crippen LogP contribution in [0.3, 0.4) is 0 Å². The maximum absolute atomic E-state index is 13.9. The number of alkyl halides is 2. The van der Waals surface area contributed by atoms with Gasteiger partial charge >= 0.3 is 12.1 Å². The van der Waals surface area contributed by atoms with E-state index in [9.17, 15) is 28.3 Å². The number of likely N-dealkylation sites (N-methyl/N-ethyl adjacent to an activating group) is 1. The molecule has 1 heterocycles. The molecular weight excluding hydrogens is 460 g/mol. The molecule has 35 heavy (non-hydrogen) atoms. The number of amides is 2. The van der Waals surface area contributed by atoms with Gasteiger partial charge in [-0.15, -0.1) is 0 Å². The Morgan fingerprint density at radius 3 is 2.23 bits per heavy atom. The summed E-state index contributed by atoms with van der Waals surface area (Å²) in [5.74, 6) is -5.91. The van der Waals surface area contributed by atoms with Crippen molar-refractivity contribution in [3.63, 3.8) is 0 Å². The monoisotopic (exact) mass is 487 g/mol. The molecule has 1 aliphatic carbocycles. The third-order valence-electron chi connectivity index (χ3n) is 6.32. The number of ether oxygens (including phenoxy) is 1. The van der Waals surface area contributed by atoms with Crippen LogP contribution in [0.5, 0.6) is 0 Å². The van der Waals surface area contributed by atoms with Crippen LogP contribution < -0.4 is 5.32 Å². The van der Waals surface area contributed by atoms with Crippen LogP contribution in [-0.2, 0) is 14.3 Å². The number of carbonyl (C=O) groups excluding carboxylic acids is 2. The Labute approximate surface area is 201 Å². The van der Waals surface area contributed by atoms with Gasteiger partial charge in [-0.25, -0.2) is 18.4 Å². The molecule has 2 amide bonds. The second-order valence-corrected chi connectivity index (χ2v) is 9.16. The molecule has 1 fully saturated rings. The summed E-state index contributed by atoms with van der Waals surface area (Å²) in [4.78, 5) is 39.4. The van der Waals surface area contributed by atoms with Gasteiger partial charge in [-0.1, -0.05) is 48.5 Å². The molecule has 8 nitrogen and oxygen atoms in total. The summed E-state index contributed by atoms with van der Waals surface area (Å²) in [7, 11) is 3.29. The van der Waals surface area contributed by atoms with Crippen LogP contribution >= 0.6 is 0 Å². The summed E-state index contributed by atoms with van der Waals surface area (Å²) in [6.07, 6.45) is -1.85. The summed E-state index contributed by atoms with van der Waals surface area (Å²) in [5.41, 5.74) is 4.16. The molecule has 0 bridgehead atoms. The van der Waals surface area contributed by atoms with E-state index in [1.54, 1.807) is 19.0 Å². The fourth-order valence-corrected chi connectivity index (χ4v) is 4.80. The lowest BCUT2D eigenvalue weighted by Gasteiger charge is -2.28. The molecule has 10 heteroatoms. The summed E-state index contributed by atoms with van der Waals surface area (Å²) >= 11 is 0. The lowest BCUT2D eigenvalue weighted by molar-refractivity contribution is -0.149. The first-order valence-electron chi connectivity index (χ1n) is 11.2. The number of carbonyl (C=O) groups is 3. The minimum atomic E-state index is -3.31. The van der Waals surface area contributed by atoms with Gasteiger partial charge in [0, 0.05) is 18.9 Å². The van der Waals surface area contributed by atoms with Crippen molar-refractivity contribution in [1.82, 2.24) is 15.1 Å². The fourth-order valence-electron chi connectivity index (χ4n) is 4.80. The topological polar surface area (TPSA) is 99.2 Å². The zero-order valence-electron chi connectivity index (χ0n) is 19.4. The quantitative estimate of drug-likeness (QED) is 0.623. The third-order valence-corrected chi connectivity index (χ3v) is 6.32. The SMILES string of the molecule is CN(C)C[C@H](NC(=O)OCC1c2ccccc2-c2ccccc21)C(=O)N1CC(F)(F)C[C@H]1C(=O)O. The van der Waals surface area contributed by atoms with Gasteiger partial charge in [-0.2, -0.15) is 0 Å². The molecule has 0 unspecified atom stereocenters. The second-order valence-electron chi connectivity index (χ2n) is 9.16. The number of nitrogens with zero attached hydrogens (tertiary/aromatic N) is 2. The Bertz CT molecular complexity index is 1090. The van der Waals surface area contributed by atoms with E-state index in [0.717, 1.165) is 22.3 Å². The van der Waals surface area contributed by atoms with Crippen molar-refractivity contribution in [2.45, 2.75) is 30.3 Å². The molecule has 1 aliphatic heterocycles. The number of benzene rings is 2. The number of likely N-dealkylation sites (tertiary alicyclic amines) is 1. The predicted octanol–water partition coefficient (Wildman–Crippen LogP) is 2.78. The molecule has 0 saturated carbocycles. The first-order chi connectivity index (χ1) is 16.6. The molecule has 2 aromatic rings. The number of hydrogen-bond donors (Lipinski definition) is 2. The molecule has 2 N–H and O–H groups in total. The molecular formula is C25H27F2N3O5. The molecule has 2 aromatic carbocycles. The van der Waals surface area contributed by atoms with Gasteiger partial charge in [-0.05, 0) is 36.3 Å². The van der Waals surface area contributed by atoms with Crippen molar-refractivity contribution in [3.8, 4) is 11.1 Å². The zero-order chi connectivity index (χ0) is 25.3. The van der Waals surface area contributed by atoms with E-state index < -0.39 is 48.9 Å². The van der Waals surface area contributed by atoms with Crippen LogP contribution in [0.1, 0.15) is 23.5 Å². The number of halogens is 2. The van der Waals surface area contributed by atoms with Gasteiger partial charge in [0.05, 0.1) is 6.54 Å². The smallest absolute Gasteiger partial charge is 0.407 e. The lowest BCUT2D eigenvalue weighted by atomic mass is 9.98. The van der Waals surface area contributed by atoms with Crippen LogP contribution in [-0.4, -0.2) is 84.7 Å². The lowest BCUT2D eigenvalue weighted by Crippen LogP contribution is -2.55. The highest BCUT2D eigenvalue weighted by atomic mass is 19.3. The number of alkyl carbamates (subject to hydrolysis) is 1. The fraction of sp³-hybridized carbons (Fsp3) is 0.400. The Balaban J connectivity index is 1.46. The standard InChI is InChI=1S/C25H27F2N3O5/c1-29(2)12-20(22(31)30-14-25(26,27)11-21(30)23(32)33)28-24(34)35-13-19-17-9-5-3-7-15(17)16-8-4-6-10-18(16)19/h3-10,19-21H,11-14H2,1-2H3,(H,28,34)(H,32,33)/t20-,21-/m0/s1. The normalized spacial score (nSPS) is 19.2. The maximum Gasteiger partial charge on any atom is 0.407 e. The van der Waals surface area contributed by atoms with Crippen molar-refractivity contribution < 1.29 is 33.0 Å². The van der Waals surface area contributed by atoms with Crippen molar-refractivity contribution in [2.75, 3.05) is 33.8 Å². The van der Waals surface area contributed by atoms with E-state index in [0.29, 0.717) is 4.90 Å². The van der Waals surface area contributed by atoms with E-state index in [2.05, 4.69) is 5.32 Å². The van der Waals surface area contributed by atoms with E-state index in [4.69, 9.17) is 4.74 Å². The highest BCUT2D eigenvalue weighted by Gasteiger charge is 2.51. The molecule has 0 spiro atoms. The minimum absolute atomic E-state index is 0.0161. The Hall–Kier alpha value is -3.53. The van der Waals surface area contributed by atoms with Crippen molar-refractivity contribution >= 4 is 18.0 Å². The first-order valence-corrected chi connectivity index (χ1v) is 11.2. The first kappa shape index (κ1) is 24.6. The van der Waals surface area contributed by atoms with Gasteiger partial charge in [0.2, 0.25) is 5.91 Å². The van der Waals surface area contributed by atoms with Gasteiger partial charge in [-0.3, -0.25) is 4.79 Å². The average molecular weight is 488 g/mol. The number of carboxylic acids is 1. The van der Waals surface area contributed by atoms with E-state index in [1.165, 1.54) is 0 Å². The number of aliphatic carboxylic acids is 1. The molecule has 2 atom stereocenters. The molecule has 4 rings (SSSR count). The predicted molar refractivity (Wildman–Crippen MR) is 123 cm³/mol. The number of hydrogen-bond acceptors (Lipinski definition) is 5. The molecule has 1 saturated heterocycles. The molecule has 0 aromatic heterocycles. The second kappa shape index (κ2) is 9.61. The summed E-state index contributed by atoms with van der Waals surface area (Å²) in [5, 5.41) is 11.8. The van der Waals surface area contributed by atoms with E-state index >= 15 is 0 Å². The van der Waals surface area contributed by atoms with E-state index in [1.807, 2.05) is 48.5 Å². The van der Waals surface area contributed by atoms with E-state index in [-0.39, 0.29) is 19.1 Å². The van der Waals surface area contributed by atoms with Gasteiger partial charge < -0.3 is 25.0 Å². The van der Waals surface area contributed by atoms with Crippen LogP contribution in [0.25, 0.3) is 11.1 Å². The average Bonchev–Trinajstić information content (AvgIpc) is 3.31. The van der Waals surface area contributed by atoms with Gasteiger partial charge in [0.25, 0.3) is 5.92 Å². The molecule has 0 radical (unpaired) electrons. The highest BCUT2D eigenvalue weighted by molar-refractivity contribution is 5.90. The van der Waals surface area contributed by atoms with Crippen LogP contribution in [0, 0.1) is 0 Å².